The highest BCUT2D eigenvalue weighted by molar-refractivity contribution is 7.15. The fourth-order valence-electron chi connectivity index (χ4n) is 4.52. The molecular formula is C23H22N4O3S. The van der Waals surface area contributed by atoms with Crippen LogP contribution in [0.3, 0.4) is 0 Å². The summed E-state index contributed by atoms with van der Waals surface area (Å²) in [7, 11) is 1.63. The molecule has 1 atom stereocenters. The number of methoxy groups -OCH3 is 1. The lowest BCUT2D eigenvalue weighted by atomic mass is 9.94. The molecule has 0 radical (unpaired) electrons. The maximum atomic E-state index is 13.0. The third-order valence-corrected chi connectivity index (χ3v) is 7.48. The molecule has 0 N–H and O–H groups in total. The lowest BCUT2D eigenvalue weighted by Gasteiger charge is -2.17. The van der Waals surface area contributed by atoms with Crippen LogP contribution in [0.5, 0.6) is 5.75 Å². The molecule has 1 saturated carbocycles. The number of Topliss-reactive ketones (excluding diaryl/α,β-unsaturated/α-hetero) is 1. The summed E-state index contributed by atoms with van der Waals surface area (Å²) in [6.45, 7) is 1.44. The van der Waals surface area contributed by atoms with Crippen molar-refractivity contribution in [3.05, 3.63) is 61.1 Å². The van der Waals surface area contributed by atoms with Crippen LogP contribution < -0.4 is 10.2 Å². The highest BCUT2D eigenvalue weighted by Gasteiger charge is 2.29. The molecule has 8 heteroatoms. The first kappa shape index (κ1) is 19.8. The van der Waals surface area contributed by atoms with Crippen molar-refractivity contribution in [2.45, 2.75) is 51.1 Å². The zero-order chi connectivity index (χ0) is 21.7. The molecule has 2 heterocycles. The van der Waals surface area contributed by atoms with E-state index >= 15 is 0 Å². The average molecular weight is 435 g/mol. The van der Waals surface area contributed by atoms with E-state index in [9.17, 15) is 9.59 Å². The summed E-state index contributed by atoms with van der Waals surface area (Å²) in [5, 5.41) is 4.42. The fourth-order valence-corrected chi connectivity index (χ4v) is 5.75. The average Bonchev–Trinajstić information content (AvgIpc) is 3.51. The Labute approximate surface area is 182 Å². The molecular weight excluding hydrogens is 412 g/mol. The van der Waals surface area contributed by atoms with Crippen molar-refractivity contribution in [3.63, 3.8) is 0 Å². The molecule has 0 bridgehead atoms. The Morgan fingerprint density at radius 2 is 2.13 bits per heavy atom. The molecule has 0 aliphatic heterocycles. The molecule has 1 fully saturated rings. The lowest BCUT2D eigenvalue weighted by Crippen LogP contribution is -2.18. The third-order valence-electron chi connectivity index (χ3n) is 6.21. The van der Waals surface area contributed by atoms with E-state index in [1.165, 1.54) is 17.4 Å². The van der Waals surface area contributed by atoms with E-state index in [0.29, 0.717) is 11.1 Å². The Bertz CT molecular complexity index is 1330. The van der Waals surface area contributed by atoms with Gasteiger partial charge in [0, 0.05) is 38.5 Å². The lowest BCUT2D eigenvalue weighted by molar-refractivity contribution is 0.101. The highest BCUT2D eigenvalue weighted by Crippen LogP contribution is 2.45. The Balaban J connectivity index is 1.71. The summed E-state index contributed by atoms with van der Waals surface area (Å²) in [5.41, 5.74) is 11.7. The van der Waals surface area contributed by atoms with Gasteiger partial charge in [-0.3, -0.25) is 9.59 Å². The molecule has 31 heavy (non-hydrogen) atoms. The summed E-state index contributed by atoms with van der Waals surface area (Å²) < 4.78 is 7.93. The Morgan fingerprint density at radius 1 is 1.32 bits per heavy atom. The van der Waals surface area contributed by atoms with Crippen molar-refractivity contribution in [2.75, 3.05) is 7.11 Å². The predicted octanol–water partition coefficient (Wildman–Crippen LogP) is 5.44. The molecule has 0 amide bonds. The number of ketones is 1. The van der Waals surface area contributed by atoms with Gasteiger partial charge in [-0.1, -0.05) is 5.11 Å². The van der Waals surface area contributed by atoms with Crippen LogP contribution in [-0.2, 0) is 12.8 Å². The maximum absolute atomic E-state index is 13.0. The summed E-state index contributed by atoms with van der Waals surface area (Å²) >= 11 is 1.73. The number of rotatable bonds is 5. The molecule has 1 unspecified atom stereocenters. The van der Waals surface area contributed by atoms with Crippen molar-refractivity contribution in [1.82, 2.24) is 4.57 Å². The van der Waals surface area contributed by atoms with Gasteiger partial charge in [-0.15, -0.1) is 11.3 Å². The number of ether oxygens (including phenoxy) is 1. The highest BCUT2D eigenvalue weighted by atomic mass is 32.1. The van der Waals surface area contributed by atoms with Gasteiger partial charge in [0.25, 0.3) is 0 Å². The van der Waals surface area contributed by atoms with Gasteiger partial charge in [0.15, 0.2) is 17.0 Å². The Hall–Kier alpha value is -3.09. The van der Waals surface area contributed by atoms with Gasteiger partial charge in [-0.25, -0.2) is 0 Å². The van der Waals surface area contributed by atoms with Crippen LogP contribution >= 0.6 is 11.3 Å². The Kier molecular flexibility index (Phi) is 4.84. The normalized spacial score (nSPS) is 17.8. The van der Waals surface area contributed by atoms with Gasteiger partial charge in [-0.2, -0.15) is 0 Å². The third kappa shape index (κ3) is 3.32. The van der Waals surface area contributed by atoms with Crippen molar-refractivity contribution < 1.29 is 9.53 Å². The molecule has 0 spiro atoms. The van der Waals surface area contributed by atoms with Crippen LogP contribution in [0.25, 0.3) is 31.8 Å². The van der Waals surface area contributed by atoms with E-state index in [1.807, 2.05) is 12.1 Å². The van der Waals surface area contributed by atoms with E-state index in [1.54, 1.807) is 24.6 Å². The maximum Gasteiger partial charge on any atom is 0.200 e. The zero-order valence-corrected chi connectivity index (χ0v) is 18.2. The van der Waals surface area contributed by atoms with E-state index < -0.39 is 0 Å². The number of aromatic nitrogens is 1. The monoisotopic (exact) mass is 434 g/mol. The molecule has 158 valence electrons. The van der Waals surface area contributed by atoms with Crippen LogP contribution in [-0.4, -0.2) is 23.5 Å². The number of hydrogen-bond donors (Lipinski definition) is 0. The number of pyridine rings is 1. The first-order valence-electron chi connectivity index (χ1n) is 10.4. The zero-order valence-electron chi connectivity index (χ0n) is 17.4. The molecule has 7 nitrogen and oxygen atoms in total. The number of carbonyl (C=O) groups is 1. The van der Waals surface area contributed by atoms with Gasteiger partial charge in [0.2, 0.25) is 0 Å². The van der Waals surface area contributed by atoms with Gasteiger partial charge >= 0.3 is 0 Å². The first-order valence-corrected chi connectivity index (χ1v) is 11.3. The van der Waals surface area contributed by atoms with Crippen molar-refractivity contribution >= 4 is 28.0 Å². The number of carbonyl (C=O) groups excluding carboxylic acids is 1. The number of hydrogen-bond acceptors (Lipinski definition) is 5. The minimum absolute atomic E-state index is 0.00324. The standard InChI is InChI=1S/C23H22N4O3S/c1-12(28)18-11-27(15-4-5-15)21-17(22(18)29)7-6-16(23(21)30-2)20-10-13-9-14(25-26-24)3-8-19(13)31-20/h6-7,10-11,14-15H,3-5,8-9H2,1-2H3. The topological polar surface area (TPSA) is 97.1 Å². The summed E-state index contributed by atoms with van der Waals surface area (Å²) in [5.74, 6) is 0.451. The van der Waals surface area contributed by atoms with Crippen molar-refractivity contribution in [3.8, 4) is 16.2 Å². The molecule has 3 aromatic rings. The quantitative estimate of drug-likeness (QED) is 0.231. The molecule has 2 aliphatic rings. The number of aryl methyl sites for hydroxylation is 1. The Morgan fingerprint density at radius 3 is 2.81 bits per heavy atom. The molecule has 1 aromatic carbocycles. The number of azide groups is 1. The van der Waals surface area contributed by atoms with Crippen molar-refractivity contribution in [2.24, 2.45) is 5.11 Å². The second kappa shape index (κ2) is 7.55. The number of benzene rings is 1. The van der Waals surface area contributed by atoms with Crippen LogP contribution in [0, 0.1) is 0 Å². The van der Waals surface area contributed by atoms with Crippen LogP contribution in [0.4, 0.5) is 0 Å². The fraction of sp³-hybridized carbons (Fsp3) is 0.391. The number of thiophene rings is 1. The predicted molar refractivity (Wildman–Crippen MR) is 121 cm³/mol. The second-order valence-electron chi connectivity index (χ2n) is 8.27. The summed E-state index contributed by atoms with van der Waals surface area (Å²) in [6.07, 6.45) is 6.27. The number of nitrogens with zero attached hydrogens (tertiary/aromatic N) is 4. The minimum Gasteiger partial charge on any atom is -0.494 e. The van der Waals surface area contributed by atoms with Crippen LogP contribution in [0.1, 0.15) is 53.0 Å². The van der Waals surface area contributed by atoms with E-state index in [4.69, 9.17) is 10.3 Å². The van der Waals surface area contributed by atoms with Crippen LogP contribution in [0.15, 0.2) is 34.3 Å². The molecule has 5 rings (SSSR count). The molecule has 2 aliphatic carbocycles. The van der Waals surface area contributed by atoms with E-state index in [0.717, 1.165) is 48.1 Å². The number of fused-ring (bicyclic) bond motifs is 2. The van der Waals surface area contributed by atoms with Crippen molar-refractivity contribution in [1.29, 1.82) is 0 Å². The van der Waals surface area contributed by atoms with Gasteiger partial charge in [-0.05, 0) is 68.3 Å². The van der Waals surface area contributed by atoms with Gasteiger partial charge in [0.05, 0.1) is 23.6 Å². The molecule has 0 saturated heterocycles. The van der Waals surface area contributed by atoms with E-state index in [-0.39, 0.29) is 28.9 Å². The summed E-state index contributed by atoms with van der Waals surface area (Å²) in [4.78, 5) is 30.4. The largest absolute Gasteiger partial charge is 0.494 e. The van der Waals surface area contributed by atoms with Gasteiger partial charge < -0.3 is 9.30 Å². The summed E-state index contributed by atoms with van der Waals surface area (Å²) in [6, 6.07) is 6.19. The van der Waals surface area contributed by atoms with Crippen LogP contribution in [0.2, 0.25) is 0 Å². The van der Waals surface area contributed by atoms with Gasteiger partial charge in [0.1, 0.15) is 0 Å². The second-order valence-corrected chi connectivity index (χ2v) is 9.41. The van der Waals surface area contributed by atoms with E-state index in [2.05, 4.69) is 20.7 Å². The first-order chi connectivity index (χ1) is 15.0. The SMILES string of the molecule is COc1c(-c2cc3c(s2)CCC(N=[N+]=[N-])C3)ccc2c(=O)c(C(C)=O)cn(C3CC3)c12. The minimum atomic E-state index is -0.244. The molecule has 2 aromatic heterocycles. The smallest absolute Gasteiger partial charge is 0.200 e.